The molecule has 0 radical (unpaired) electrons. The van der Waals surface area contributed by atoms with Gasteiger partial charge in [-0.05, 0) is 29.3 Å². The van der Waals surface area contributed by atoms with E-state index in [-0.39, 0.29) is 36.8 Å². The third-order valence-corrected chi connectivity index (χ3v) is 4.58. The number of hydrogen-bond acceptors (Lipinski definition) is 5. The first kappa shape index (κ1) is 22.4. The van der Waals surface area contributed by atoms with Gasteiger partial charge in [-0.1, -0.05) is 36.4 Å². The van der Waals surface area contributed by atoms with Crippen LogP contribution in [0.1, 0.15) is 17.2 Å². The molecule has 0 fully saturated rings. The van der Waals surface area contributed by atoms with Gasteiger partial charge in [-0.15, -0.1) is 24.8 Å². The number of aromatic nitrogens is 2. The molecule has 0 saturated heterocycles. The fourth-order valence-electron chi connectivity index (χ4n) is 3.06. The Morgan fingerprint density at radius 1 is 1.21 bits per heavy atom. The molecular formula is C20H22Cl2N6O. The highest BCUT2D eigenvalue weighted by Gasteiger charge is 2.28. The van der Waals surface area contributed by atoms with E-state index in [1.54, 1.807) is 19.3 Å². The van der Waals surface area contributed by atoms with Crippen LogP contribution in [-0.4, -0.2) is 40.6 Å². The van der Waals surface area contributed by atoms with Gasteiger partial charge in [-0.25, -0.2) is 4.99 Å². The lowest BCUT2D eigenvalue weighted by Gasteiger charge is -2.21. The number of benzene rings is 2. The van der Waals surface area contributed by atoms with E-state index in [1.807, 2.05) is 48.5 Å². The van der Waals surface area contributed by atoms with Crippen molar-refractivity contribution in [3.8, 4) is 0 Å². The molecule has 0 spiro atoms. The van der Waals surface area contributed by atoms with E-state index in [4.69, 9.17) is 5.73 Å². The van der Waals surface area contributed by atoms with Gasteiger partial charge in [0.2, 0.25) is 5.96 Å². The Morgan fingerprint density at radius 3 is 2.69 bits per heavy atom. The summed E-state index contributed by atoms with van der Waals surface area (Å²) < 4.78 is 0. The van der Waals surface area contributed by atoms with Crippen molar-refractivity contribution in [2.45, 2.75) is 6.04 Å². The highest BCUT2D eigenvalue weighted by atomic mass is 35.5. The molecular weight excluding hydrogens is 411 g/mol. The van der Waals surface area contributed by atoms with Gasteiger partial charge in [0, 0.05) is 19.0 Å². The zero-order chi connectivity index (χ0) is 18.8. The van der Waals surface area contributed by atoms with Crippen LogP contribution in [0.25, 0.3) is 17.0 Å². The fourth-order valence-corrected chi connectivity index (χ4v) is 3.06. The van der Waals surface area contributed by atoms with Crippen molar-refractivity contribution in [3.63, 3.8) is 0 Å². The number of nitrogens with two attached hydrogens (primary N) is 1. The van der Waals surface area contributed by atoms with E-state index < -0.39 is 0 Å². The summed E-state index contributed by atoms with van der Waals surface area (Å²) in [6.07, 6.45) is 3.53. The maximum atomic E-state index is 12.6. The molecule has 1 atom stereocenters. The molecule has 29 heavy (non-hydrogen) atoms. The lowest BCUT2D eigenvalue weighted by Crippen LogP contribution is -2.42. The second-order valence-electron chi connectivity index (χ2n) is 6.39. The third-order valence-electron chi connectivity index (χ3n) is 4.58. The van der Waals surface area contributed by atoms with Crippen LogP contribution >= 0.6 is 24.8 Å². The Balaban J connectivity index is 0.00000150. The highest BCUT2D eigenvalue weighted by Crippen LogP contribution is 2.21. The predicted octanol–water partition coefficient (Wildman–Crippen LogP) is 2.87. The van der Waals surface area contributed by atoms with Gasteiger partial charge in [-0.3, -0.25) is 14.8 Å². The average Bonchev–Trinajstić information content (AvgIpc) is 3.27. The number of nitrogens with zero attached hydrogens (tertiary/aromatic N) is 3. The molecule has 0 bridgehead atoms. The Morgan fingerprint density at radius 2 is 1.97 bits per heavy atom. The summed E-state index contributed by atoms with van der Waals surface area (Å²) >= 11 is 0. The zero-order valence-electron chi connectivity index (χ0n) is 15.7. The predicted molar refractivity (Wildman–Crippen MR) is 120 cm³/mol. The number of amides is 1. The molecule has 7 nitrogen and oxygen atoms in total. The number of hydrogen-bond donors (Lipinski definition) is 3. The van der Waals surface area contributed by atoms with E-state index in [2.05, 4.69) is 20.5 Å². The molecule has 9 heteroatoms. The summed E-state index contributed by atoms with van der Waals surface area (Å²) in [5.74, 6) is 0.337. The van der Waals surface area contributed by atoms with Crippen LogP contribution < -0.4 is 11.1 Å². The van der Waals surface area contributed by atoms with Crippen LogP contribution in [0.2, 0.25) is 0 Å². The van der Waals surface area contributed by atoms with E-state index in [0.717, 1.165) is 22.0 Å². The molecule has 4 N–H and O–H groups in total. The molecule has 152 valence electrons. The van der Waals surface area contributed by atoms with Crippen LogP contribution in [-0.2, 0) is 4.79 Å². The van der Waals surface area contributed by atoms with Crippen molar-refractivity contribution in [3.05, 3.63) is 71.6 Å². The third kappa shape index (κ3) is 4.59. The molecule has 4 rings (SSSR count). The topological polar surface area (TPSA) is 99.4 Å². The molecule has 3 aromatic rings. The van der Waals surface area contributed by atoms with Gasteiger partial charge in [-0.2, -0.15) is 5.10 Å². The quantitative estimate of drug-likeness (QED) is 0.551. The number of nitrogens with one attached hydrogen (secondary N) is 2. The van der Waals surface area contributed by atoms with Crippen molar-refractivity contribution >= 4 is 53.7 Å². The monoisotopic (exact) mass is 432 g/mol. The summed E-state index contributed by atoms with van der Waals surface area (Å²) in [6.45, 7) is 0.390. The number of H-pyrrole nitrogens is 1. The number of aromatic amines is 1. The molecule has 2 heterocycles. The molecule has 1 unspecified atom stereocenters. The molecule has 0 saturated carbocycles. The first-order valence-corrected chi connectivity index (χ1v) is 8.69. The van der Waals surface area contributed by atoms with Crippen molar-refractivity contribution in [1.82, 2.24) is 20.4 Å². The number of fused-ring (bicyclic) bond motifs is 1. The van der Waals surface area contributed by atoms with Crippen molar-refractivity contribution < 1.29 is 4.79 Å². The van der Waals surface area contributed by atoms with Gasteiger partial charge in [0.1, 0.15) is 5.70 Å². The maximum absolute atomic E-state index is 12.6. The number of guanidine groups is 1. The largest absolute Gasteiger partial charge is 0.347 e. The summed E-state index contributed by atoms with van der Waals surface area (Å²) in [5.41, 5.74) is 9.19. The summed E-state index contributed by atoms with van der Waals surface area (Å²) in [7, 11) is 1.70. The minimum atomic E-state index is -0.159. The first-order chi connectivity index (χ1) is 13.2. The Hall–Kier alpha value is -2.87. The molecule has 1 amide bonds. The summed E-state index contributed by atoms with van der Waals surface area (Å²) in [5, 5.41) is 11.2. The molecule has 0 aliphatic carbocycles. The first-order valence-electron chi connectivity index (χ1n) is 8.69. The average molecular weight is 433 g/mol. The second kappa shape index (κ2) is 9.56. The number of halogens is 2. The van der Waals surface area contributed by atoms with Gasteiger partial charge in [0.05, 0.1) is 17.8 Å². The smallest absolute Gasteiger partial charge is 0.279 e. The van der Waals surface area contributed by atoms with Crippen LogP contribution in [0.4, 0.5) is 0 Å². The number of likely N-dealkylation sites (N-methyl/N-ethyl adjacent to an activating group) is 1. The van der Waals surface area contributed by atoms with Gasteiger partial charge < -0.3 is 11.1 Å². The molecule has 1 aliphatic rings. The van der Waals surface area contributed by atoms with E-state index in [0.29, 0.717) is 18.2 Å². The minimum Gasteiger partial charge on any atom is -0.347 e. The van der Waals surface area contributed by atoms with Gasteiger partial charge in [0.15, 0.2) is 0 Å². The number of rotatable bonds is 4. The van der Waals surface area contributed by atoms with Crippen LogP contribution in [0, 0.1) is 0 Å². The van der Waals surface area contributed by atoms with E-state index in [9.17, 15) is 4.79 Å². The van der Waals surface area contributed by atoms with Crippen LogP contribution in [0.5, 0.6) is 0 Å². The molecule has 2 aromatic carbocycles. The Kier molecular flexibility index (Phi) is 7.39. The number of aliphatic imine (C=N–C) groups is 1. The van der Waals surface area contributed by atoms with Gasteiger partial charge >= 0.3 is 0 Å². The molecule has 1 aliphatic heterocycles. The van der Waals surface area contributed by atoms with Crippen LogP contribution in [0.15, 0.2) is 65.4 Å². The zero-order valence-corrected chi connectivity index (χ0v) is 17.3. The lowest BCUT2D eigenvalue weighted by atomic mass is 10.1. The number of carbonyl (C=O) groups excluding carboxylic acids is 1. The summed E-state index contributed by atoms with van der Waals surface area (Å²) in [4.78, 5) is 18.6. The molecule has 1 aromatic heterocycles. The SMILES string of the molecule is CN1C(=O)/C(=C/c2ccc3[nH]ncc3c2)N=C1NC(CN)c1ccccc1.Cl.Cl. The fraction of sp³-hybridized carbons (Fsp3) is 0.150. The van der Waals surface area contributed by atoms with Gasteiger partial charge in [0.25, 0.3) is 5.91 Å². The minimum absolute atomic E-state index is 0. The van der Waals surface area contributed by atoms with Crippen LogP contribution in [0.3, 0.4) is 0 Å². The van der Waals surface area contributed by atoms with Crippen molar-refractivity contribution in [1.29, 1.82) is 0 Å². The standard InChI is InChI=1S/C20H20N6O.2ClH/c1-26-19(27)17(10-13-7-8-16-15(9-13)12-22-25-16)23-20(26)24-18(11-21)14-5-3-2-4-6-14;;/h2-10,12,18H,11,21H2,1H3,(H,22,25)(H,23,24);2*1H/b17-10-;;. The van der Waals surface area contributed by atoms with E-state index >= 15 is 0 Å². The lowest BCUT2D eigenvalue weighted by molar-refractivity contribution is -0.121. The Labute approximate surface area is 180 Å². The highest BCUT2D eigenvalue weighted by molar-refractivity contribution is 6.13. The second-order valence-corrected chi connectivity index (χ2v) is 6.39. The number of carbonyl (C=O) groups is 1. The van der Waals surface area contributed by atoms with Crippen molar-refractivity contribution in [2.24, 2.45) is 10.7 Å². The normalized spacial score (nSPS) is 15.7. The van der Waals surface area contributed by atoms with E-state index in [1.165, 1.54) is 4.90 Å². The summed E-state index contributed by atoms with van der Waals surface area (Å²) in [6, 6.07) is 15.6. The Bertz CT molecular complexity index is 1050. The maximum Gasteiger partial charge on any atom is 0.279 e. The van der Waals surface area contributed by atoms with Crippen molar-refractivity contribution in [2.75, 3.05) is 13.6 Å².